The van der Waals surface area contributed by atoms with Crippen LogP contribution in [0.2, 0.25) is 0 Å². The van der Waals surface area contributed by atoms with Gasteiger partial charge in [-0.2, -0.15) is 0 Å². The Kier molecular flexibility index (Phi) is 5.18. The number of nitrogens with one attached hydrogen (secondary N) is 2. The van der Waals surface area contributed by atoms with Crippen LogP contribution in [0.4, 0.5) is 0 Å². The maximum absolute atomic E-state index is 12.0. The van der Waals surface area contributed by atoms with Gasteiger partial charge < -0.3 is 15.2 Å². The van der Waals surface area contributed by atoms with Crippen LogP contribution in [0.25, 0.3) is 0 Å². The molecule has 0 radical (unpaired) electrons. The lowest BCUT2D eigenvalue weighted by molar-refractivity contribution is -0.127. The lowest BCUT2D eigenvalue weighted by Gasteiger charge is -2.17. The SMILES string of the molecule is CC(C)(C)c1ncc(C(=O)NCCCN2CCCC2=O)c(=O)[nH]1. The first-order valence-corrected chi connectivity index (χ1v) is 7.95. The number of carbonyl (C=O) groups is 2. The Hall–Kier alpha value is -2.18. The van der Waals surface area contributed by atoms with E-state index in [4.69, 9.17) is 0 Å². The van der Waals surface area contributed by atoms with E-state index in [1.165, 1.54) is 6.20 Å². The summed E-state index contributed by atoms with van der Waals surface area (Å²) in [5.41, 5.74) is -0.705. The Morgan fingerprint density at radius 3 is 2.70 bits per heavy atom. The fourth-order valence-electron chi connectivity index (χ4n) is 2.45. The third-order valence-electron chi connectivity index (χ3n) is 3.82. The maximum Gasteiger partial charge on any atom is 0.263 e. The molecule has 2 heterocycles. The summed E-state index contributed by atoms with van der Waals surface area (Å²) in [5.74, 6) is 0.285. The van der Waals surface area contributed by atoms with Crippen molar-refractivity contribution in [3.05, 3.63) is 27.9 Å². The van der Waals surface area contributed by atoms with Crippen LogP contribution in [0.5, 0.6) is 0 Å². The highest BCUT2D eigenvalue weighted by molar-refractivity contribution is 5.93. The lowest BCUT2D eigenvalue weighted by Crippen LogP contribution is -2.34. The molecule has 0 spiro atoms. The molecule has 1 aliphatic rings. The molecule has 1 aliphatic heterocycles. The molecule has 1 aromatic heterocycles. The van der Waals surface area contributed by atoms with Gasteiger partial charge in [0.1, 0.15) is 11.4 Å². The predicted octanol–water partition coefficient (Wildman–Crippen LogP) is 0.810. The van der Waals surface area contributed by atoms with Crippen LogP contribution in [-0.2, 0) is 10.2 Å². The number of aromatic amines is 1. The normalized spacial score (nSPS) is 15.1. The van der Waals surface area contributed by atoms with Crippen LogP contribution in [0, 0.1) is 0 Å². The van der Waals surface area contributed by atoms with Crippen LogP contribution in [0.3, 0.4) is 0 Å². The maximum atomic E-state index is 12.0. The molecule has 1 saturated heterocycles. The zero-order chi connectivity index (χ0) is 17.0. The summed E-state index contributed by atoms with van der Waals surface area (Å²) in [6, 6.07) is 0. The van der Waals surface area contributed by atoms with Gasteiger partial charge in [0.25, 0.3) is 11.5 Å². The van der Waals surface area contributed by atoms with Crippen LogP contribution in [0.15, 0.2) is 11.0 Å². The first-order valence-electron chi connectivity index (χ1n) is 7.95. The Morgan fingerprint density at radius 2 is 2.13 bits per heavy atom. The molecular weight excluding hydrogens is 296 g/mol. The molecule has 2 N–H and O–H groups in total. The van der Waals surface area contributed by atoms with Gasteiger partial charge in [0, 0.05) is 37.7 Å². The number of nitrogens with zero attached hydrogens (tertiary/aromatic N) is 2. The van der Waals surface area contributed by atoms with Crippen LogP contribution >= 0.6 is 0 Å². The van der Waals surface area contributed by atoms with Crippen molar-refractivity contribution in [3.63, 3.8) is 0 Å². The minimum absolute atomic E-state index is 0.00949. The summed E-state index contributed by atoms with van der Waals surface area (Å²) in [6.07, 6.45) is 3.52. The molecular formula is C16H24N4O3. The van der Waals surface area contributed by atoms with Crippen LogP contribution < -0.4 is 10.9 Å². The van der Waals surface area contributed by atoms with Gasteiger partial charge in [-0.15, -0.1) is 0 Å². The second-order valence-electron chi connectivity index (χ2n) is 6.82. The van der Waals surface area contributed by atoms with Gasteiger partial charge >= 0.3 is 0 Å². The zero-order valence-corrected chi connectivity index (χ0v) is 13.9. The standard InChI is InChI=1S/C16H24N4O3/c1-16(2,3)15-18-10-11(14(23)19-15)13(22)17-7-5-9-20-8-4-6-12(20)21/h10H,4-9H2,1-3H3,(H,17,22)(H,18,19,23). The van der Waals surface area contributed by atoms with E-state index in [2.05, 4.69) is 15.3 Å². The highest BCUT2D eigenvalue weighted by Gasteiger charge is 2.20. The summed E-state index contributed by atoms with van der Waals surface area (Å²) in [6.45, 7) is 7.66. The van der Waals surface area contributed by atoms with Gasteiger partial charge in [-0.25, -0.2) is 4.98 Å². The smallest absolute Gasteiger partial charge is 0.263 e. The molecule has 126 valence electrons. The second-order valence-corrected chi connectivity index (χ2v) is 6.82. The summed E-state index contributed by atoms with van der Waals surface area (Å²) < 4.78 is 0. The molecule has 7 nitrogen and oxygen atoms in total. The molecule has 2 rings (SSSR count). The minimum atomic E-state index is -0.438. The molecule has 0 atom stereocenters. The largest absolute Gasteiger partial charge is 0.352 e. The van der Waals surface area contributed by atoms with E-state index in [1.54, 1.807) is 4.90 Å². The van der Waals surface area contributed by atoms with Crippen molar-refractivity contribution in [2.45, 2.75) is 45.4 Å². The van der Waals surface area contributed by atoms with Crippen LogP contribution in [0.1, 0.15) is 56.2 Å². The molecule has 0 bridgehead atoms. The van der Waals surface area contributed by atoms with Gasteiger partial charge in [0.2, 0.25) is 5.91 Å². The highest BCUT2D eigenvalue weighted by Crippen LogP contribution is 2.15. The van der Waals surface area contributed by atoms with E-state index in [0.29, 0.717) is 31.8 Å². The van der Waals surface area contributed by atoms with Crippen molar-refractivity contribution in [1.82, 2.24) is 20.2 Å². The average molecular weight is 320 g/mol. The average Bonchev–Trinajstić information content (AvgIpc) is 2.87. The molecule has 7 heteroatoms. The van der Waals surface area contributed by atoms with Crippen molar-refractivity contribution in [1.29, 1.82) is 0 Å². The second kappa shape index (κ2) is 6.93. The van der Waals surface area contributed by atoms with Crippen molar-refractivity contribution in [2.24, 2.45) is 0 Å². The molecule has 1 aromatic rings. The number of hydrogen-bond donors (Lipinski definition) is 2. The monoisotopic (exact) mass is 320 g/mol. The molecule has 0 aromatic carbocycles. The fourth-order valence-corrected chi connectivity index (χ4v) is 2.45. The van der Waals surface area contributed by atoms with E-state index < -0.39 is 11.5 Å². The van der Waals surface area contributed by atoms with Crippen molar-refractivity contribution in [2.75, 3.05) is 19.6 Å². The van der Waals surface area contributed by atoms with Gasteiger partial charge in [0.05, 0.1) is 0 Å². The van der Waals surface area contributed by atoms with Gasteiger partial charge in [-0.05, 0) is 12.8 Å². The topological polar surface area (TPSA) is 95.2 Å². The van der Waals surface area contributed by atoms with Crippen LogP contribution in [-0.4, -0.2) is 46.3 Å². The van der Waals surface area contributed by atoms with Crippen molar-refractivity contribution >= 4 is 11.8 Å². The summed E-state index contributed by atoms with van der Waals surface area (Å²) in [7, 11) is 0. The minimum Gasteiger partial charge on any atom is -0.352 e. The molecule has 1 fully saturated rings. The number of carbonyl (C=O) groups excluding carboxylic acids is 2. The van der Waals surface area contributed by atoms with Gasteiger partial charge in [-0.3, -0.25) is 14.4 Å². The predicted molar refractivity (Wildman–Crippen MR) is 86.3 cm³/mol. The molecule has 0 aliphatic carbocycles. The molecule has 23 heavy (non-hydrogen) atoms. The van der Waals surface area contributed by atoms with E-state index in [-0.39, 0.29) is 16.9 Å². The van der Waals surface area contributed by atoms with Crippen molar-refractivity contribution in [3.8, 4) is 0 Å². The number of H-pyrrole nitrogens is 1. The number of rotatable bonds is 5. The zero-order valence-electron chi connectivity index (χ0n) is 13.9. The van der Waals surface area contributed by atoms with E-state index in [1.807, 2.05) is 20.8 Å². The van der Waals surface area contributed by atoms with E-state index in [9.17, 15) is 14.4 Å². The molecule has 0 unspecified atom stereocenters. The fraction of sp³-hybridized carbons (Fsp3) is 0.625. The first-order chi connectivity index (χ1) is 10.8. The Bertz CT molecular complexity index is 645. The Labute approximate surface area is 135 Å². The highest BCUT2D eigenvalue weighted by atomic mass is 16.2. The van der Waals surface area contributed by atoms with Gasteiger partial charge in [0.15, 0.2) is 0 Å². The molecule has 2 amide bonds. The number of hydrogen-bond acceptors (Lipinski definition) is 4. The number of likely N-dealkylation sites (tertiary alicyclic amines) is 1. The number of amides is 2. The summed E-state index contributed by atoms with van der Waals surface area (Å²) in [5, 5.41) is 2.70. The quantitative estimate of drug-likeness (QED) is 0.785. The lowest BCUT2D eigenvalue weighted by atomic mass is 9.96. The Morgan fingerprint density at radius 1 is 1.39 bits per heavy atom. The third kappa shape index (κ3) is 4.40. The van der Waals surface area contributed by atoms with E-state index >= 15 is 0 Å². The third-order valence-corrected chi connectivity index (χ3v) is 3.82. The Balaban J connectivity index is 1.86. The van der Waals surface area contributed by atoms with E-state index in [0.717, 1.165) is 13.0 Å². The summed E-state index contributed by atoms with van der Waals surface area (Å²) >= 11 is 0. The molecule has 0 saturated carbocycles. The van der Waals surface area contributed by atoms with Crippen molar-refractivity contribution < 1.29 is 9.59 Å². The van der Waals surface area contributed by atoms with Gasteiger partial charge in [-0.1, -0.05) is 20.8 Å². The first kappa shape index (κ1) is 17.2. The number of aromatic nitrogens is 2. The summed E-state index contributed by atoms with van der Waals surface area (Å²) in [4.78, 5) is 44.1.